The highest BCUT2D eigenvalue weighted by atomic mass is 16.6. The number of hydrogen-bond acceptors (Lipinski definition) is 4. The SMILES string of the molecule is CC(C)CCCCCCCCC(=O)Oc1ccccc1OC(=O)CCCCCCCCC(C)C. The lowest BCUT2D eigenvalue weighted by atomic mass is 10.0. The minimum atomic E-state index is -0.263. The Morgan fingerprint density at radius 2 is 0.882 bits per heavy atom. The summed E-state index contributed by atoms with van der Waals surface area (Å²) in [5, 5.41) is 0. The first kappa shape index (κ1) is 30.2. The molecule has 1 aromatic rings. The number of unbranched alkanes of at least 4 members (excludes halogenated alkanes) is 10. The standard InChI is InChI=1S/C30H50O4/c1-25(2)19-13-9-5-7-11-15-23-29(31)33-27-21-17-18-22-28(27)34-30(32)24-16-12-8-6-10-14-20-26(3)4/h17-18,21-22,25-26H,5-16,19-20,23-24H2,1-4H3. The van der Waals surface area contributed by atoms with Crippen molar-refractivity contribution in [3.8, 4) is 11.5 Å². The molecule has 34 heavy (non-hydrogen) atoms. The lowest BCUT2D eigenvalue weighted by Gasteiger charge is -2.10. The summed E-state index contributed by atoms with van der Waals surface area (Å²) in [7, 11) is 0. The molecule has 4 heteroatoms. The zero-order valence-electron chi connectivity index (χ0n) is 22.4. The van der Waals surface area contributed by atoms with E-state index in [4.69, 9.17) is 9.47 Å². The first-order valence-corrected chi connectivity index (χ1v) is 13.9. The van der Waals surface area contributed by atoms with Crippen LogP contribution in [0.25, 0.3) is 0 Å². The lowest BCUT2D eigenvalue weighted by molar-refractivity contribution is -0.137. The van der Waals surface area contributed by atoms with E-state index in [9.17, 15) is 9.59 Å². The fourth-order valence-electron chi connectivity index (χ4n) is 4.02. The summed E-state index contributed by atoms with van der Waals surface area (Å²) in [6.45, 7) is 9.06. The molecule has 0 fully saturated rings. The number of para-hydroxylation sites is 2. The number of carbonyl (C=O) groups excluding carboxylic acids is 2. The Balaban J connectivity index is 2.20. The molecular weight excluding hydrogens is 424 g/mol. The monoisotopic (exact) mass is 474 g/mol. The Bertz CT molecular complexity index is 609. The van der Waals surface area contributed by atoms with Crippen molar-refractivity contribution in [3.63, 3.8) is 0 Å². The van der Waals surface area contributed by atoms with Crippen LogP contribution in [0.1, 0.15) is 130 Å². The summed E-state index contributed by atoms with van der Waals surface area (Å²) in [5.41, 5.74) is 0. The van der Waals surface area contributed by atoms with Crippen molar-refractivity contribution in [2.75, 3.05) is 0 Å². The van der Waals surface area contributed by atoms with E-state index in [2.05, 4.69) is 27.7 Å². The maximum atomic E-state index is 12.3. The van der Waals surface area contributed by atoms with Crippen molar-refractivity contribution in [1.29, 1.82) is 0 Å². The van der Waals surface area contributed by atoms with Crippen LogP contribution >= 0.6 is 0 Å². The van der Waals surface area contributed by atoms with Gasteiger partial charge < -0.3 is 9.47 Å². The molecule has 0 heterocycles. The third-order valence-corrected chi connectivity index (χ3v) is 6.12. The predicted octanol–water partition coefficient (Wildman–Crippen LogP) is 9.05. The third-order valence-electron chi connectivity index (χ3n) is 6.12. The average Bonchev–Trinajstić information content (AvgIpc) is 2.78. The van der Waals surface area contributed by atoms with Crippen LogP contribution in [0.15, 0.2) is 24.3 Å². The molecule has 1 aromatic carbocycles. The normalized spacial score (nSPS) is 11.2. The number of ether oxygens (including phenoxy) is 2. The number of hydrogen-bond donors (Lipinski definition) is 0. The molecule has 0 radical (unpaired) electrons. The molecule has 0 amide bonds. The quantitative estimate of drug-likeness (QED) is 0.107. The largest absolute Gasteiger partial charge is 0.423 e. The van der Waals surface area contributed by atoms with Crippen LogP contribution in [-0.2, 0) is 9.59 Å². The molecule has 0 N–H and O–H groups in total. The van der Waals surface area contributed by atoms with Crippen molar-refractivity contribution in [1.82, 2.24) is 0 Å². The summed E-state index contributed by atoms with van der Waals surface area (Å²) in [6, 6.07) is 6.95. The van der Waals surface area contributed by atoms with E-state index < -0.39 is 0 Å². The van der Waals surface area contributed by atoms with Crippen molar-refractivity contribution in [2.24, 2.45) is 11.8 Å². The fourth-order valence-corrected chi connectivity index (χ4v) is 4.02. The van der Waals surface area contributed by atoms with Crippen molar-refractivity contribution in [3.05, 3.63) is 24.3 Å². The van der Waals surface area contributed by atoms with E-state index in [0.717, 1.165) is 50.4 Å². The zero-order chi connectivity index (χ0) is 25.0. The molecule has 0 aliphatic heterocycles. The van der Waals surface area contributed by atoms with E-state index in [1.54, 1.807) is 24.3 Å². The van der Waals surface area contributed by atoms with Crippen molar-refractivity contribution in [2.45, 2.75) is 130 Å². The van der Waals surface area contributed by atoms with Crippen LogP contribution in [0, 0.1) is 11.8 Å². The van der Waals surface area contributed by atoms with Crippen LogP contribution < -0.4 is 9.47 Å². The molecular formula is C30H50O4. The lowest BCUT2D eigenvalue weighted by Crippen LogP contribution is -2.12. The maximum Gasteiger partial charge on any atom is 0.311 e. The molecule has 1 rings (SSSR count). The van der Waals surface area contributed by atoms with Crippen LogP contribution in [0.4, 0.5) is 0 Å². The average molecular weight is 475 g/mol. The summed E-state index contributed by atoms with van der Waals surface area (Å²) >= 11 is 0. The molecule has 0 unspecified atom stereocenters. The second-order valence-corrected chi connectivity index (χ2v) is 10.5. The van der Waals surface area contributed by atoms with E-state index in [1.165, 1.54) is 51.4 Å². The van der Waals surface area contributed by atoms with E-state index in [1.807, 2.05) is 0 Å². The van der Waals surface area contributed by atoms with Gasteiger partial charge in [-0.2, -0.15) is 0 Å². The fraction of sp³-hybridized carbons (Fsp3) is 0.733. The molecule has 0 bridgehead atoms. The maximum absolute atomic E-state index is 12.3. The van der Waals surface area contributed by atoms with Crippen LogP contribution in [0.3, 0.4) is 0 Å². The van der Waals surface area contributed by atoms with Gasteiger partial charge in [-0.1, -0.05) is 117 Å². The van der Waals surface area contributed by atoms with Gasteiger partial charge in [-0.3, -0.25) is 9.59 Å². The van der Waals surface area contributed by atoms with Crippen molar-refractivity contribution >= 4 is 11.9 Å². The Morgan fingerprint density at radius 1 is 0.559 bits per heavy atom. The Labute approximate surface area is 209 Å². The number of rotatable bonds is 20. The molecule has 0 atom stereocenters. The molecule has 0 saturated heterocycles. The molecule has 0 aliphatic carbocycles. The van der Waals surface area contributed by atoms with Gasteiger partial charge in [-0.25, -0.2) is 0 Å². The van der Waals surface area contributed by atoms with Gasteiger partial charge in [0.05, 0.1) is 0 Å². The summed E-state index contributed by atoms with van der Waals surface area (Å²) in [5.74, 6) is 1.71. The van der Waals surface area contributed by atoms with Crippen LogP contribution in [-0.4, -0.2) is 11.9 Å². The molecule has 4 nitrogen and oxygen atoms in total. The van der Waals surface area contributed by atoms with Gasteiger partial charge in [0.2, 0.25) is 0 Å². The summed E-state index contributed by atoms with van der Waals surface area (Å²) in [6.07, 6.45) is 17.1. The predicted molar refractivity (Wildman–Crippen MR) is 141 cm³/mol. The van der Waals surface area contributed by atoms with Gasteiger partial charge >= 0.3 is 11.9 Å². The Morgan fingerprint density at radius 3 is 1.24 bits per heavy atom. The second-order valence-electron chi connectivity index (χ2n) is 10.5. The number of esters is 2. The minimum absolute atomic E-state index is 0.263. The highest BCUT2D eigenvalue weighted by Gasteiger charge is 2.13. The van der Waals surface area contributed by atoms with Gasteiger partial charge in [0.15, 0.2) is 11.5 Å². The summed E-state index contributed by atoms with van der Waals surface area (Å²) in [4.78, 5) is 24.5. The van der Waals surface area contributed by atoms with Gasteiger partial charge in [0.25, 0.3) is 0 Å². The zero-order valence-corrected chi connectivity index (χ0v) is 22.4. The Hall–Kier alpha value is -1.84. The smallest absolute Gasteiger partial charge is 0.311 e. The molecule has 194 valence electrons. The van der Waals surface area contributed by atoms with Gasteiger partial charge in [-0.05, 0) is 36.8 Å². The molecule has 0 spiro atoms. The van der Waals surface area contributed by atoms with E-state index in [-0.39, 0.29) is 11.9 Å². The van der Waals surface area contributed by atoms with Crippen LogP contribution in [0.5, 0.6) is 11.5 Å². The molecule has 0 aliphatic rings. The topological polar surface area (TPSA) is 52.6 Å². The van der Waals surface area contributed by atoms with Crippen LogP contribution in [0.2, 0.25) is 0 Å². The van der Waals surface area contributed by atoms with Crippen molar-refractivity contribution < 1.29 is 19.1 Å². The first-order valence-electron chi connectivity index (χ1n) is 13.9. The second kappa shape index (κ2) is 19.5. The van der Waals surface area contributed by atoms with E-state index >= 15 is 0 Å². The number of carbonyl (C=O) groups is 2. The van der Waals surface area contributed by atoms with Gasteiger partial charge in [-0.15, -0.1) is 0 Å². The first-order chi connectivity index (χ1) is 16.4. The van der Waals surface area contributed by atoms with Gasteiger partial charge in [0.1, 0.15) is 0 Å². The third kappa shape index (κ3) is 16.7. The minimum Gasteiger partial charge on any atom is -0.423 e. The summed E-state index contributed by atoms with van der Waals surface area (Å²) < 4.78 is 11.0. The number of benzene rings is 1. The molecule has 0 saturated carbocycles. The molecule has 0 aromatic heterocycles. The highest BCUT2D eigenvalue weighted by Crippen LogP contribution is 2.27. The Kier molecular flexibility index (Phi) is 17.3. The van der Waals surface area contributed by atoms with Gasteiger partial charge in [0, 0.05) is 12.8 Å². The highest BCUT2D eigenvalue weighted by molar-refractivity contribution is 5.76. The van der Waals surface area contributed by atoms with E-state index in [0.29, 0.717) is 24.3 Å².